The molecule has 0 heterocycles. The van der Waals surface area contributed by atoms with Crippen molar-refractivity contribution in [2.45, 2.75) is 59.5 Å². The number of methoxy groups -OCH3 is 1. The number of carbonyl (C=O) groups is 2. The van der Waals surface area contributed by atoms with Crippen molar-refractivity contribution in [2.75, 3.05) is 20.3 Å². The molecule has 180 valence electrons. The van der Waals surface area contributed by atoms with Crippen molar-refractivity contribution in [3.05, 3.63) is 59.7 Å². The van der Waals surface area contributed by atoms with E-state index in [9.17, 15) is 9.59 Å². The van der Waals surface area contributed by atoms with E-state index in [2.05, 4.69) is 19.2 Å². The second kappa shape index (κ2) is 13.5. The summed E-state index contributed by atoms with van der Waals surface area (Å²) in [6, 6.07) is 15.0. The average molecular weight is 455 g/mol. The average Bonchev–Trinajstić information content (AvgIpc) is 2.81. The summed E-state index contributed by atoms with van der Waals surface area (Å²) >= 11 is 0. The fraction of sp³-hybridized carbons (Fsp3) is 0.481. The van der Waals surface area contributed by atoms with Crippen LogP contribution in [0, 0.1) is 12.8 Å². The van der Waals surface area contributed by atoms with Crippen LogP contribution in [0.2, 0.25) is 0 Å². The van der Waals surface area contributed by atoms with Gasteiger partial charge in [-0.1, -0.05) is 50.6 Å². The third kappa shape index (κ3) is 8.79. The van der Waals surface area contributed by atoms with Gasteiger partial charge in [-0.05, 0) is 55.5 Å². The Balaban J connectivity index is 2.02. The number of hydrogen-bond donors (Lipinski definition) is 1. The molecule has 2 aromatic carbocycles. The van der Waals surface area contributed by atoms with Crippen LogP contribution in [-0.2, 0) is 16.1 Å². The standard InChI is InChI=1S/C27H38N2O4/c1-6-25(27(31)28-18-20(2)3)29(19-22-11-9-21(4)10-12-22)26(30)8-7-17-33-24-15-13-23(32-5)14-16-24/h9-16,20,25H,6-8,17-19H2,1-5H3,(H,28,31)/t25-/m0/s1. The molecule has 0 aromatic heterocycles. The van der Waals surface area contributed by atoms with Crippen molar-refractivity contribution in [3.63, 3.8) is 0 Å². The molecule has 0 unspecified atom stereocenters. The van der Waals surface area contributed by atoms with Crippen LogP contribution in [0.5, 0.6) is 11.5 Å². The Hall–Kier alpha value is -3.02. The van der Waals surface area contributed by atoms with Gasteiger partial charge in [0, 0.05) is 19.5 Å². The monoisotopic (exact) mass is 454 g/mol. The predicted octanol–water partition coefficient (Wildman–Crippen LogP) is 4.74. The van der Waals surface area contributed by atoms with Gasteiger partial charge in [-0.15, -0.1) is 0 Å². The second-order valence-electron chi connectivity index (χ2n) is 8.70. The zero-order chi connectivity index (χ0) is 24.2. The van der Waals surface area contributed by atoms with Crippen molar-refractivity contribution in [3.8, 4) is 11.5 Å². The maximum absolute atomic E-state index is 13.2. The number of aryl methyl sites for hydroxylation is 1. The van der Waals surface area contributed by atoms with E-state index in [1.807, 2.05) is 62.4 Å². The molecular weight excluding hydrogens is 416 g/mol. The Kier molecular flexibility index (Phi) is 10.7. The molecule has 1 N–H and O–H groups in total. The zero-order valence-corrected chi connectivity index (χ0v) is 20.6. The van der Waals surface area contributed by atoms with Crippen molar-refractivity contribution >= 4 is 11.8 Å². The summed E-state index contributed by atoms with van der Waals surface area (Å²) in [4.78, 5) is 27.8. The molecule has 1 atom stereocenters. The Bertz CT molecular complexity index is 863. The van der Waals surface area contributed by atoms with Gasteiger partial charge in [-0.3, -0.25) is 9.59 Å². The molecule has 0 bridgehead atoms. The highest BCUT2D eigenvalue weighted by molar-refractivity contribution is 5.87. The molecule has 0 saturated heterocycles. The highest BCUT2D eigenvalue weighted by atomic mass is 16.5. The molecule has 2 amide bonds. The van der Waals surface area contributed by atoms with Gasteiger partial charge in [0.25, 0.3) is 0 Å². The molecule has 2 rings (SSSR count). The van der Waals surface area contributed by atoms with E-state index in [0.29, 0.717) is 44.9 Å². The van der Waals surface area contributed by atoms with Gasteiger partial charge < -0.3 is 19.7 Å². The van der Waals surface area contributed by atoms with E-state index in [0.717, 1.165) is 22.6 Å². The van der Waals surface area contributed by atoms with E-state index in [4.69, 9.17) is 9.47 Å². The van der Waals surface area contributed by atoms with Crippen LogP contribution in [0.4, 0.5) is 0 Å². The first-order chi connectivity index (χ1) is 15.8. The van der Waals surface area contributed by atoms with E-state index in [1.165, 1.54) is 0 Å². The van der Waals surface area contributed by atoms with Crippen molar-refractivity contribution in [1.29, 1.82) is 0 Å². The SMILES string of the molecule is CC[C@@H](C(=O)NCC(C)C)N(Cc1ccc(C)cc1)C(=O)CCCOc1ccc(OC)cc1. The molecule has 0 fully saturated rings. The Morgan fingerprint density at radius 2 is 1.64 bits per heavy atom. The maximum Gasteiger partial charge on any atom is 0.242 e. The summed E-state index contributed by atoms with van der Waals surface area (Å²) in [5, 5.41) is 2.99. The zero-order valence-electron chi connectivity index (χ0n) is 20.6. The predicted molar refractivity (Wildman–Crippen MR) is 131 cm³/mol. The highest BCUT2D eigenvalue weighted by Gasteiger charge is 2.28. The van der Waals surface area contributed by atoms with Crippen LogP contribution in [0.15, 0.2) is 48.5 Å². The fourth-order valence-corrected chi connectivity index (χ4v) is 3.46. The maximum atomic E-state index is 13.2. The lowest BCUT2D eigenvalue weighted by Crippen LogP contribution is -2.49. The minimum Gasteiger partial charge on any atom is -0.497 e. The van der Waals surface area contributed by atoms with Crippen LogP contribution in [0.1, 0.15) is 51.2 Å². The van der Waals surface area contributed by atoms with Crippen molar-refractivity contribution in [2.24, 2.45) is 5.92 Å². The topological polar surface area (TPSA) is 67.9 Å². The molecule has 0 spiro atoms. The molecule has 0 aliphatic rings. The van der Waals surface area contributed by atoms with Gasteiger partial charge in [0.1, 0.15) is 17.5 Å². The first kappa shape index (κ1) is 26.2. The van der Waals surface area contributed by atoms with E-state index in [-0.39, 0.29) is 11.8 Å². The van der Waals surface area contributed by atoms with Gasteiger partial charge in [0.15, 0.2) is 0 Å². The van der Waals surface area contributed by atoms with Crippen LogP contribution in [0.25, 0.3) is 0 Å². The smallest absolute Gasteiger partial charge is 0.242 e. The van der Waals surface area contributed by atoms with Crippen molar-refractivity contribution in [1.82, 2.24) is 10.2 Å². The lowest BCUT2D eigenvalue weighted by molar-refractivity contribution is -0.141. The number of benzene rings is 2. The number of carbonyl (C=O) groups excluding carboxylic acids is 2. The number of hydrogen-bond acceptors (Lipinski definition) is 4. The van der Waals surface area contributed by atoms with Gasteiger partial charge in [-0.25, -0.2) is 0 Å². The summed E-state index contributed by atoms with van der Waals surface area (Å²) in [6.07, 6.45) is 1.44. The summed E-state index contributed by atoms with van der Waals surface area (Å²) in [5.41, 5.74) is 2.17. The molecule has 0 aliphatic carbocycles. The largest absolute Gasteiger partial charge is 0.497 e. The highest BCUT2D eigenvalue weighted by Crippen LogP contribution is 2.18. The molecular formula is C27H38N2O4. The first-order valence-electron chi connectivity index (χ1n) is 11.7. The van der Waals surface area contributed by atoms with Gasteiger partial charge in [0.05, 0.1) is 13.7 Å². The van der Waals surface area contributed by atoms with Crippen LogP contribution in [0.3, 0.4) is 0 Å². The molecule has 0 radical (unpaired) electrons. The lowest BCUT2D eigenvalue weighted by atomic mass is 10.1. The van der Waals surface area contributed by atoms with Crippen LogP contribution < -0.4 is 14.8 Å². The number of rotatable bonds is 13. The molecule has 2 aromatic rings. The summed E-state index contributed by atoms with van der Waals surface area (Å²) in [6.45, 7) is 9.51. The molecule has 6 heteroatoms. The Labute approximate surface area is 198 Å². The fourth-order valence-electron chi connectivity index (χ4n) is 3.46. The third-order valence-corrected chi connectivity index (χ3v) is 5.41. The molecule has 0 aliphatic heterocycles. The van der Waals surface area contributed by atoms with E-state index < -0.39 is 6.04 Å². The summed E-state index contributed by atoms with van der Waals surface area (Å²) in [7, 11) is 1.62. The van der Waals surface area contributed by atoms with Gasteiger partial charge >= 0.3 is 0 Å². The minimum absolute atomic E-state index is 0.0412. The van der Waals surface area contributed by atoms with Crippen molar-refractivity contribution < 1.29 is 19.1 Å². The Morgan fingerprint density at radius 1 is 1.00 bits per heavy atom. The summed E-state index contributed by atoms with van der Waals surface area (Å²) in [5.74, 6) is 1.72. The van der Waals surface area contributed by atoms with Crippen LogP contribution in [-0.4, -0.2) is 43.0 Å². The van der Waals surface area contributed by atoms with E-state index in [1.54, 1.807) is 12.0 Å². The van der Waals surface area contributed by atoms with E-state index >= 15 is 0 Å². The Morgan fingerprint density at radius 3 is 2.21 bits per heavy atom. The van der Waals surface area contributed by atoms with Gasteiger partial charge in [-0.2, -0.15) is 0 Å². The molecule has 0 saturated carbocycles. The number of amides is 2. The van der Waals surface area contributed by atoms with Crippen LogP contribution >= 0.6 is 0 Å². The number of nitrogens with zero attached hydrogens (tertiary/aromatic N) is 1. The lowest BCUT2D eigenvalue weighted by Gasteiger charge is -2.31. The normalized spacial score (nSPS) is 11.7. The van der Waals surface area contributed by atoms with Gasteiger partial charge in [0.2, 0.25) is 11.8 Å². The summed E-state index contributed by atoms with van der Waals surface area (Å²) < 4.78 is 10.9. The number of ether oxygens (including phenoxy) is 2. The number of nitrogens with one attached hydrogen (secondary N) is 1. The second-order valence-corrected chi connectivity index (χ2v) is 8.70. The molecule has 6 nitrogen and oxygen atoms in total. The molecule has 33 heavy (non-hydrogen) atoms. The minimum atomic E-state index is -0.500. The quantitative estimate of drug-likeness (QED) is 0.444. The first-order valence-corrected chi connectivity index (χ1v) is 11.7. The third-order valence-electron chi connectivity index (χ3n) is 5.41.